The van der Waals surface area contributed by atoms with Gasteiger partial charge in [0.15, 0.2) is 5.13 Å². The molecule has 1 aromatic rings. The van der Waals surface area contributed by atoms with E-state index in [4.69, 9.17) is 0 Å². The Morgan fingerprint density at radius 1 is 1.55 bits per heavy atom. The van der Waals surface area contributed by atoms with Gasteiger partial charge in [-0.3, -0.25) is 9.69 Å². The van der Waals surface area contributed by atoms with Crippen molar-refractivity contribution in [3.05, 3.63) is 11.1 Å². The van der Waals surface area contributed by atoms with Crippen LogP contribution in [0.2, 0.25) is 0 Å². The van der Waals surface area contributed by atoms with Crippen molar-refractivity contribution in [2.24, 2.45) is 0 Å². The molecule has 1 saturated heterocycles. The summed E-state index contributed by atoms with van der Waals surface area (Å²) < 4.78 is 0. The SMILES string of the molecule is CCC1CN(CC(=O)Nc2nc(C)cs2)C(CC)CN1. The van der Waals surface area contributed by atoms with Crippen LogP contribution >= 0.6 is 11.3 Å². The third kappa shape index (κ3) is 4.01. The van der Waals surface area contributed by atoms with Crippen LogP contribution in [0, 0.1) is 6.92 Å². The van der Waals surface area contributed by atoms with E-state index in [1.54, 1.807) is 0 Å². The molecule has 1 fully saturated rings. The van der Waals surface area contributed by atoms with Gasteiger partial charge in [-0.1, -0.05) is 13.8 Å². The van der Waals surface area contributed by atoms with Gasteiger partial charge in [0.25, 0.3) is 0 Å². The number of piperazine rings is 1. The maximum absolute atomic E-state index is 12.1. The Hall–Kier alpha value is -0.980. The molecule has 0 aromatic carbocycles. The number of carbonyl (C=O) groups is 1. The molecule has 1 amide bonds. The van der Waals surface area contributed by atoms with Gasteiger partial charge >= 0.3 is 0 Å². The summed E-state index contributed by atoms with van der Waals surface area (Å²) >= 11 is 1.48. The first-order valence-electron chi connectivity index (χ1n) is 7.31. The fraction of sp³-hybridized carbons (Fsp3) is 0.714. The predicted molar refractivity (Wildman–Crippen MR) is 83.2 cm³/mol. The molecule has 2 unspecified atom stereocenters. The van der Waals surface area contributed by atoms with Crippen LogP contribution in [0.15, 0.2) is 5.38 Å². The van der Waals surface area contributed by atoms with E-state index in [0.29, 0.717) is 23.8 Å². The second kappa shape index (κ2) is 7.15. The monoisotopic (exact) mass is 296 g/mol. The zero-order chi connectivity index (χ0) is 14.5. The van der Waals surface area contributed by atoms with E-state index in [-0.39, 0.29) is 5.91 Å². The molecule has 2 atom stereocenters. The molecule has 1 aliphatic rings. The highest BCUT2D eigenvalue weighted by molar-refractivity contribution is 7.13. The van der Waals surface area contributed by atoms with Crippen molar-refractivity contribution in [3.63, 3.8) is 0 Å². The van der Waals surface area contributed by atoms with Crippen molar-refractivity contribution in [1.29, 1.82) is 0 Å². The number of thiazole rings is 1. The second-order valence-electron chi connectivity index (χ2n) is 5.35. The third-order valence-electron chi connectivity index (χ3n) is 3.79. The molecule has 1 aliphatic heterocycles. The summed E-state index contributed by atoms with van der Waals surface area (Å²) in [5, 5.41) is 9.08. The molecule has 6 heteroatoms. The standard InChI is InChI=1S/C14H24N4OS/c1-4-11-7-18(12(5-2)6-15-11)8-13(19)17-14-16-10(3)9-20-14/h9,11-12,15H,4-8H2,1-3H3,(H,16,17,19). The highest BCUT2D eigenvalue weighted by Crippen LogP contribution is 2.15. The maximum atomic E-state index is 12.1. The normalized spacial score (nSPS) is 23.8. The fourth-order valence-electron chi connectivity index (χ4n) is 2.55. The third-order valence-corrected chi connectivity index (χ3v) is 4.67. The lowest BCUT2D eigenvalue weighted by atomic mass is 10.1. The number of nitrogens with zero attached hydrogens (tertiary/aromatic N) is 2. The molecular formula is C14H24N4OS. The minimum Gasteiger partial charge on any atom is -0.311 e. The molecule has 1 aromatic heterocycles. The van der Waals surface area contributed by atoms with Crippen LogP contribution in [-0.4, -0.2) is 47.5 Å². The lowest BCUT2D eigenvalue weighted by Gasteiger charge is -2.39. The Morgan fingerprint density at radius 3 is 2.95 bits per heavy atom. The van der Waals surface area contributed by atoms with Crippen molar-refractivity contribution in [2.75, 3.05) is 25.0 Å². The number of hydrogen-bond acceptors (Lipinski definition) is 5. The van der Waals surface area contributed by atoms with Crippen LogP contribution in [0.5, 0.6) is 0 Å². The number of hydrogen-bond donors (Lipinski definition) is 2. The lowest BCUT2D eigenvalue weighted by Crippen LogP contribution is -2.57. The number of aryl methyl sites for hydroxylation is 1. The Bertz CT molecular complexity index is 448. The van der Waals surface area contributed by atoms with Gasteiger partial charge in [0.1, 0.15) is 0 Å². The average Bonchev–Trinajstić information content (AvgIpc) is 2.83. The lowest BCUT2D eigenvalue weighted by molar-refractivity contribution is -0.118. The highest BCUT2D eigenvalue weighted by Gasteiger charge is 2.27. The minimum absolute atomic E-state index is 0.0366. The summed E-state index contributed by atoms with van der Waals surface area (Å²) in [7, 11) is 0. The fourth-order valence-corrected chi connectivity index (χ4v) is 3.26. The molecule has 2 rings (SSSR count). The first kappa shape index (κ1) is 15.4. The van der Waals surface area contributed by atoms with Crippen molar-refractivity contribution in [1.82, 2.24) is 15.2 Å². The molecule has 0 radical (unpaired) electrons. The Kier molecular flexibility index (Phi) is 5.51. The van der Waals surface area contributed by atoms with E-state index in [9.17, 15) is 4.79 Å². The number of aromatic nitrogens is 1. The molecule has 112 valence electrons. The molecule has 2 heterocycles. The summed E-state index contributed by atoms with van der Waals surface area (Å²) in [6.07, 6.45) is 2.16. The summed E-state index contributed by atoms with van der Waals surface area (Å²) in [5.41, 5.74) is 0.949. The molecule has 2 N–H and O–H groups in total. The molecule has 0 aliphatic carbocycles. The molecule has 0 bridgehead atoms. The summed E-state index contributed by atoms with van der Waals surface area (Å²) in [6, 6.07) is 0.939. The van der Waals surface area contributed by atoms with Crippen LogP contribution in [0.25, 0.3) is 0 Å². The first-order valence-corrected chi connectivity index (χ1v) is 8.19. The van der Waals surface area contributed by atoms with Crippen molar-refractivity contribution in [2.45, 2.75) is 45.7 Å². The van der Waals surface area contributed by atoms with Gasteiger partial charge in [-0.15, -0.1) is 11.3 Å². The summed E-state index contributed by atoms with van der Waals surface area (Å²) in [6.45, 7) is 8.66. The van der Waals surface area contributed by atoms with E-state index in [2.05, 4.69) is 34.4 Å². The van der Waals surface area contributed by atoms with Crippen LogP contribution < -0.4 is 10.6 Å². The van der Waals surface area contributed by atoms with Crippen molar-refractivity contribution in [3.8, 4) is 0 Å². The van der Waals surface area contributed by atoms with Gasteiger partial charge in [0, 0.05) is 30.6 Å². The van der Waals surface area contributed by atoms with Crippen molar-refractivity contribution >= 4 is 22.4 Å². The van der Waals surface area contributed by atoms with Gasteiger partial charge in [-0.2, -0.15) is 0 Å². The average molecular weight is 296 g/mol. The van der Waals surface area contributed by atoms with E-state index in [1.807, 2.05) is 12.3 Å². The van der Waals surface area contributed by atoms with Crippen LogP contribution in [-0.2, 0) is 4.79 Å². The summed E-state index contributed by atoms with van der Waals surface area (Å²) in [4.78, 5) is 18.7. The first-order chi connectivity index (χ1) is 9.62. The van der Waals surface area contributed by atoms with E-state index in [1.165, 1.54) is 11.3 Å². The van der Waals surface area contributed by atoms with Crippen LogP contribution in [0.1, 0.15) is 32.4 Å². The largest absolute Gasteiger partial charge is 0.311 e. The number of carbonyl (C=O) groups excluding carboxylic acids is 1. The Balaban J connectivity index is 1.90. The molecule has 0 saturated carbocycles. The molecular weight excluding hydrogens is 272 g/mol. The van der Waals surface area contributed by atoms with Crippen LogP contribution in [0.4, 0.5) is 5.13 Å². The molecule has 5 nitrogen and oxygen atoms in total. The zero-order valence-corrected chi connectivity index (χ0v) is 13.3. The van der Waals surface area contributed by atoms with Gasteiger partial charge in [0.2, 0.25) is 5.91 Å². The van der Waals surface area contributed by atoms with Gasteiger partial charge in [-0.05, 0) is 19.8 Å². The minimum atomic E-state index is 0.0366. The highest BCUT2D eigenvalue weighted by atomic mass is 32.1. The number of amides is 1. The van der Waals surface area contributed by atoms with Crippen molar-refractivity contribution < 1.29 is 4.79 Å². The number of rotatable bonds is 5. The van der Waals surface area contributed by atoms with E-state index in [0.717, 1.165) is 31.6 Å². The molecule has 0 spiro atoms. The second-order valence-corrected chi connectivity index (χ2v) is 6.21. The zero-order valence-electron chi connectivity index (χ0n) is 12.5. The van der Waals surface area contributed by atoms with E-state index < -0.39 is 0 Å². The molecule has 20 heavy (non-hydrogen) atoms. The quantitative estimate of drug-likeness (QED) is 0.871. The summed E-state index contributed by atoms with van der Waals surface area (Å²) in [5.74, 6) is 0.0366. The van der Waals surface area contributed by atoms with Crippen LogP contribution in [0.3, 0.4) is 0 Å². The van der Waals surface area contributed by atoms with Gasteiger partial charge < -0.3 is 10.6 Å². The smallest absolute Gasteiger partial charge is 0.240 e. The maximum Gasteiger partial charge on any atom is 0.240 e. The van der Waals surface area contributed by atoms with Gasteiger partial charge in [-0.25, -0.2) is 4.98 Å². The Labute approximate surface area is 124 Å². The number of nitrogens with one attached hydrogen (secondary N) is 2. The Morgan fingerprint density at radius 2 is 2.35 bits per heavy atom. The predicted octanol–water partition coefficient (Wildman–Crippen LogP) is 1.85. The topological polar surface area (TPSA) is 57.3 Å². The number of anilines is 1. The van der Waals surface area contributed by atoms with Gasteiger partial charge in [0.05, 0.1) is 12.2 Å². The van der Waals surface area contributed by atoms with E-state index >= 15 is 0 Å².